The van der Waals surface area contributed by atoms with Gasteiger partial charge in [-0.1, -0.05) is 6.07 Å². The number of rotatable bonds is 5. The maximum atomic E-state index is 11.6. The molecular weight excluding hydrogens is 254 g/mol. The zero-order valence-corrected chi connectivity index (χ0v) is 11.6. The van der Waals surface area contributed by atoms with Crippen molar-refractivity contribution < 1.29 is 4.79 Å². The van der Waals surface area contributed by atoms with Crippen LogP contribution in [0.25, 0.3) is 0 Å². The van der Waals surface area contributed by atoms with Gasteiger partial charge in [0.2, 0.25) is 0 Å². The van der Waals surface area contributed by atoms with E-state index in [9.17, 15) is 4.79 Å². The highest BCUT2D eigenvalue weighted by Crippen LogP contribution is 2.04. The first-order valence-corrected chi connectivity index (χ1v) is 6.36. The molecule has 2 aromatic rings. The van der Waals surface area contributed by atoms with E-state index in [2.05, 4.69) is 20.5 Å². The average Bonchev–Trinajstić information content (AvgIpc) is 2.48. The second-order valence-corrected chi connectivity index (χ2v) is 4.50. The van der Waals surface area contributed by atoms with Crippen LogP contribution < -0.4 is 5.32 Å². The molecule has 0 spiro atoms. The molecule has 6 nitrogen and oxygen atoms in total. The van der Waals surface area contributed by atoms with Gasteiger partial charge in [-0.2, -0.15) is 0 Å². The van der Waals surface area contributed by atoms with E-state index in [1.54, 1.807) is 32.4 Å². The standard InChI is InChI=1S/C14H17N5O/c1-19(2)14(20)12-6-7-13(18-17-12)16-10-8-11-5-3-4-9-15-11/h3-7,9H,8,10H2,1-2H3,(H,16,18). The summed E-state index contributed by atoms with van der Waals surface area (Å²) in [5.41, 5.74) is 1.36. The lowest BCUT2D eigenvalue weighted by Gasteiger charge is -2.09. The van der Waals surface area contributed by atoms with Crippen molar-refractivity contribution in [3.05, 3.63) is 47.9 Å². The van der Waals surface area contributed by atoms with E-state index >= 15 is 0 Å². The van der Waals surface area contributed by atoms with Crippen LogP contribution in [0.4, 0.5) is 5.82 Å². The Balaban J connectivity index is 1.87. The number of nitrogens with one attached hydrogen (secondary N) is 1. The van der Waals surface area contributed by atoms with E-state index in [0.717, 1.165) is 12.1 Å². The summed E-state index contributed by atoms with van der Waals surface area (Å²) in [5, 5.41) is 11.0. The summed E-state index contributed by atoms with van der Waals surface area (Å²) in [5.74, 6) is 0.494. The van der Waals surface area contributed by atoms with Gasteiger partial charge in [-0.05, 0) is 24.3 Å². The molecule has 0 unspecified atom stereocenters. The fourth-order valence-electron chi connectivity index (χ4n) is 1.63. The largest absolute Gasteiger partial charge is 0.368 e. The van der Waals surface area contributed by atoms with E-state index in [1.807, 2.05) is 18.2 Å². The van der Waals surface area contributed by atoms with Gasteiger partial charge in [0.15, 0.2) is 5.69 Å². The first-order valence-electron chi connectivity index (χ1n) is 6.36. The summed E-state index contributed by atoms with van der Waals surface area (Å²) in [4.78, 5) is 17.4. The summed E-state index contributed by atoms with van der Waals surface area (Å²) in [6, 6.07) is 9.25. The summed E-state index contributed by atoms with van der Waals surface area (Å²) in [7, 11) is 3.37. The maximum Gasteiger partial charge on any atom is 0.273 e. The molecule has 104 valence electrons. The Morgan fingerprint density at radius 3 is 2.65 bits per heavy atom. The molecule has 0 saturated heterocycles. The summed E-state index contributed by atoms with van der Waals surface area (Å²) in [6.07, 6.45) is 2.58. The SMILES string of the molecule is CN(C)C(=O)c1ccc(NCCc2ccccn2)nn1. The molecule has 0 aliphatic carbocycles. The summed E-state index contributed by atoms with van der Waals surface area (Å²) in [6.45, 7) is 0.715. The number of amides is 1. The first-order chi connectivity index (χ1) is 9.66. The van der Waals surface area contributed by atoms with Gasteiger partial charge < -0.3 is 10.2 Å². The van der Waals surface area contributed by atoms with Crippen molar-refractivity contribution in [1.29, 1.82) is 0 Å². The van der Waals surface area contributed by atoms with Crippen molar-refractivity contribution in [3.63, 3.8) is 0 Å². The fourth-order valence-corrected chi connectivity index (χ4v) is 1.63. The predicted molar refractivity (Wildman–Crippen MR) is 76.5 cm³/mol. The van der Waals surface area contributed by atoms with Crippen LogP contribution in [0, 0.1) is 0 Å². The van der Waals surface area contributed by atoms with Crippen LogP contribution in [0.1, 0.15) is 16.2 Å². The fraction of sp³-hybridized carbons (Fsp3) is 0.286. The Hall–Kier alpha value is -2.50. The number of nitrogens with zero attached hydrogens (tertiary/aromatic N) is 4. The molecule has 0 aliphatic rings. The minimum atomic E-state index is -0.155. The van der Waals surface area contributed by atoms with E-state index in [1.165, 1.54) is 4.90 Å². The summed E-state index contributed by atoms with van der Waals surface area (Å²) < 4.78 is 0. The number of hydrogen-bond acceptors (Lipinski definition) is 5. The third-order valence-electron chi connectivity index (χ3n) is 2.70. The highest BCUT2D eigenvalue weighted by atomic mass is 16.2. The van der Waals surface area contributed by atoms with Crippen molar-refractivity contribution in [3.8, 4) is 0 Å². The van der Waals surface area contributed by atoms with Crippen LogP contribution in [0.2, 0.25) is 0 Å². The molecule has 2 aromatic heterocycles. The zero-order chi connectivity index (χ0) is 14.4. The van der Waals surface area contributed by atoms with Gasteiger partial charge in [0.25, 0.3) is 5.91 Å². The van der Waals surface area contributed by atoms with Crippen molar-refractivity contribution in [2.45, 2.75) is 6.42 Å². The van der Waals surface area contributed by atoms with Gasteiger partial charge in [0.1, 0.15) is 5.82 Å². The molecular formula is C14H17N5O. The number of anilines is 1. The highest BCUT2D eigenvalue weighted by molar-refractivity contribution is 5.91. The normalized spacial score (nSPS) is 10.1. The van der Waals surface area contributed by atoms with E-state index < -0.39 is 0 Å². The second-order valence-electron chi connectivity index (χ2n) is 4.50. The molecule has 0 fully saturated rings. The number of carbonyl (C=O) groups is 1. The minimum Gasteiger partial charge on any atom is -0.368 e. The molecule has 0 radical (unpaired) electrons. The van der Waals surface area contributed by atoms with Gasteiger partial charge in [-0.25, -0.2) is 0 Å². The monoisotopic (exact) mass is 271 g/mol. The molecule has 2 rings (SSSR count). The number of carbonyl (C=O) groups excluding carboxylic acids is 1. The molecule has 0 saturated carbocycles. The van der Waals surface area contributed by atoms with Gasteiger partial charge in [0, 0.05) is 39.0 Å². The van der Waals surface area contributed by atoms with Crippen LogP contribution in [-0.4, -0.2) is 46.6 Å². The lowest BCUT2D eigenvalue weighted by molar-refractivity contribution is 0.0821. The van der Waals surface area contributed by atoms with Crippen molar-refractivity contribution in [2.75, 3.05) is 26.0 Å². The molecule has 0 bridgehead atoms. The van der Waals surface area contributed by atoms with Crippen molar-refractivity contribution in [2.24, 2.45) is 0 Å². The second kappa shape index (κ2) is 6.60. The van der Waals surface area contributed by atoms with Crippen LogP contribution in [-0.2, 0) is 6.42 Å². The Kier molecular flexibility index (Phi) is 4.60. The van der Waals surface area contributed by atoms with Gasteiger partial charge in [-0.3, -0.25) is 9.78 Å². The molecule has 20 heavy (non-hydrogen) atoms. The molecule has 0 atom stereocenters. The predicted octanol–water partition coefficient (Wildman–Crippen LogP) is 1.23. The Morgan fingerprint density at radius 2 is 2.05 bits per heavy atom. The molecule has 1 N–H and O–H groups in total. The molecule has 6 heteroatoms. The molecule has 0 aromatic carbocycles. The van der Waals surface area contributed by atoms with Crippen LogP contribution >= 0.6 is 0 Å². The van der Waals surface area contributed by atoms with Crippen LogP contribution in [0.15, 0.2) is 36.5 Å². The smallest absolute Gasteiger partial charge is 0.273 e. The van der Waals surface area contributed by atoms with Gasteiger partial charge >= 0.3 is 0 Å². The van der Waals surface area contributed by atoms with E-state index in [0.29, 0.717) is 18.1 Å². The Morgan fingerprint density at radius 1 is 1.20 bits per heavy atom. The third kappa shape index (κ3) is 3.74. The molecule has 2 heterocycles. The Bertz CT molecular complexity index is 554. The van der Waals surface area contributed by atoms with Crippen LogP contribution in [0.3, 0.4) is 0 Å². The molecule has 1 amide bonds. The quantitative estimate of drug-likeness (QED) is 0.885. The third-order valence-corrected chi connectivity index (χ3v) is 2.70. The lowest BCUT2D eigenvalue weighted by atomic mass is 10.3. The van der Waals surface area contributed by atoms with E-state index in [-0.39, 0.29) is 5.91 Å². The lowest BCUT2D eigenvalue weighted by Crippen LogP contribution is -2.23. The zero-order valence-electron chi connectivity index (χ0n) is 11.6. The molecule has 0 aliphatic heterocycles. The number of aromatic nitrogens is 3. The van der Waals surface area contributed by atoms with Gasteiger partial charge in [0.05, 0.1) is 0 Å². The summed E-state index contributed by atoms with van der Waals surface area (Å²) >= 11 is 0. The number of hydrogen-bond donors (Lipinski definition) is 1. The topological polar surface area (TPSA) is 71.0 Å². The van der Waals surface area contributed by atoms with Crippen molar-refractivity contribution >= 4 is 11.7 Å². The average molecular weight is 271 g/mol. The van der Waals surface area contributed by atoms with Gasteiger partial charge in [-0.15, -0.1) is 10.2 Å². The highest BCUT2D eigenvalue weighted by Gasteiger charge is 2.09. The Labute approximate surface area is 117 Å². The number of pyridine rings is 1. The van der Waals surface area contributed by atoms with E-state index in [4.69, 9.17) is 0 Å². The van der Waals surface area contributed by atoms with Crippen LogP contribution in [0.5, 0.6) is 0 Å². The maximum absolute atomic E-state index is 11.6. The van der Waals surface area contributed by atoms with Crippen molar-refractivity contribution in [1.82, 2.24) is 20.1 Å². The first kappa shape index (κ1) is 13.9. The minimum absolute atomic E-state index is 0.155.